The fraction of sp³-hybridized carbons (Fsp3) is 0.625. The predicted molar refractivity (Wildman–Crippen MR) is 72.2 cm³/mol. The first-order valence-corrected chi connectivity index (χ1v) is 7.27. The topological polar surface area (TPSA) is 12.0 Å². The molecule has 1 nitrogen and oxygen atoms in total. The number of hydrogen-bond acceptors (Lipinski definition) is 1. The summed E-state index contributed by atoms with van der Waals surface area (Å²) in [4.78, 5) is 0. The highest BCUT2D eigenvalue weighted by Crippen LogP contribution is 2.34. The van der Waals surface area contributed by atoms with Gasteiger partial charge in [-0.2, -0.15) is 0 Å². The molecule has 1 unspecified atom stereocenters. The zero-order valence-corrected chi connectivity index (χ0v) is 10.6. The molecule has 0 aromatic heterocycles. The summed E-state index contributed by atoms with van der Waals surface area (Å²) in [5.41, 5.74) is 3.11. The van der Waals surface area contributed by atoms with Crippen molar-refractivity contribution in [3.63, 3.8) is 0 Å². The van der Waals surface area contributed by atoms with Gasteiger partial charge in [-0.3, -0.25) is 0 Å². The normalized spacial score (nSPS) is 26.2. The maximum Gasteiger partial charge on any atom is 0.0320 e. The lowest BCUT2D eigenvalue weighted by molar-refractivity contribution is 0.443. The molecule has 1 aliphatic heterocycles. The first-order valence-electron chi connectivity index (χ1n) is 7.27. The van der Waals surface area contributed by atoms with Gasteiger partial charge in [-0.05, 0) is 49.3 Å². The number of hydrogen-bond donors (Lipinski definition) is 1. The third-order valence-corrected chi connectivity index (χ3v) is 4.45. The molecule has 0 spiro atoms. The van der Waals surface area contributed by atoms with Crippen LogP contribution in [0.1, 0.15) is 68.0 Å². The van der Waals surface area contributed by atoms with Crippen molar-refractivity contribution in [3.05, 3.63) is 35.4 Å². The lowest BCUT2D eigenvalue weighted by atomic mass is 9.83. The van der Waals surface area contributed by atoms with Crippen LogP contribution in [0.5, 0.6) is 0 Å². The SMILES string of the molecule is c1cc(C2CCCCC2)cc(C2CCCN2)c1. The minimum absolute atomic E-state index is 0.624. The Morgan fingerprint density at radius 1 is 0.882 bits per heavy atom. The van der Waals surface area contributed by atoms with Crippen LogP contribution in [0.15, 0.2) is 24.3 Å². The van der Waals surface area contributed by atoms with Gasteiger partial charge in [0.1, 0.15) is 0 Å². The van der Waals surface area contributed by atoms with E-state index in [1.165, 1.54) is 57.1 Å². The molecule has 1 heteroatoms. The van der Waals surface area contributed by atoms with E-state index in [0.29, 0.717) is 6.04 Å². The van der Waals surface area contributed by atoms with Gasteiger partial charge in [0.05, 0.1) is 0 Å². The summed E-state index contributed by atoms with van der Waals surface area (Å²) < 4.78 is 0. The van der Waals surface area contributed by atoms with Crippen LogP contribution in [0.4, 0.5) is 0 Å². The zero-order valence-electron chi connectivity index (χ0n) is 10.6. The van der Waals surface area contributed by atoms with Gasteiger partial charge < -0.3 is 5.32 Å². The third-order valence-electron chi connectivity index (χ3n) is 4.45. The Kier molecular flexibility index (Phi) is 3.46. The van der Waals surface area contributed by atoms with E-state index in [2.05, 4.69) is 29.6 Å². The smallest absolute Gasteiger partial charge is 0.0320 e. The zero-order chi connectivity index (χ0) is 11.5. The van der Waals surface area contributed by atoms with E-state index in [9.17, 15) is 0 Å². The van der Waals surface area contributed by atoms with Crippen molar-refractivity contribution in [2.24, 2.45) is 0 Å². The number of rotatable bonds is 2. The Hall–Kier alpha value is -0.820. The molecule has 0 radical (unpaired) electrons. The number of nitrogens with one attached hydrogen (secondary N) is 1. The highest BCUT2D eigenvalue weighted by Gasteiger charge is 2.19. The molecule has 2 aliphatic rings. The predicted octanol–water partition coefficient (Wildman–Crippen LogP) is 4.16. The van der Waals surface area contributed by atoms with Crippen molar-refractivity contribution in [1.29, 1.82) is 0 Å². The van der Waals surface area contributed by atoms with Crippen LogP contribution < -0.4 is 5.32 Å². The Morgan fingerprint density at radius 2 is 1.71 bits per heavy atom. The molecule has 1 saturated heterocycles. The van der Waals surface area contributed by atoms with Gasteiger partial charge in [-0.15, -0.1) is 0 Å². The Labute approximate surface area is 105 Å². The highest BCUT2D eigenvalue weighted by atomic mass is 14.9. The van der Waals surface area contributed by atoms with Crippen molar-refractivity contribution < 1.29 is 0 Å². The molecular formula is C16H23N. The maximum absolute atomic E-state index is 3.60. The first kappa shape index (κ1) is 11.3. The Balaban J connectivity index is 1.77. The lowest BCUT2D eigenvalue weighted by Crippen LogP contribution is -2.13. The van der Waals surface area contributed by atoms with Crippen LogP contribution >= 0.6 is 0 Å². The molecule has 17 heavy (non-hydrogen) atoms. The second kappa shape index (κ2) is 5.22. The van der Waals surface area contributed by atoms with Crippen LogP contribution in [0.3, 0.4) is 0 Å². The summed E-state index contributed by atoms with van der Waals surface area (Å²) in [6.45, 7) is 1.19. The average Bonchev–Trinajstić information content (AvgIpc) is 2.94. The lowest BCUT2D eigenvalue weighted by Gasteiger charge is -2.23. The van der Waals surface area contributed by atoms with E-state index >= 15 is 0 Å². The van der Waals surface area contributed by atoms with Crippen molar-refractivity contribution in [3.8, 4) is 0 Å². The van der Waals surface area contributed by atoms with E-state index in [-0.39, 0.29) is 0 Å². The second-order valence-corrected chi connectivity index (χ2v) is 5.65. The fourth-order valence-corrected chi connectivity index (χ4v) is 3.43. The van der Waals surface area contributed by atoms with Crippen LogP contribution in [-0.2, 0) is 0 Å². The highest BCUT2D eigenvalue weighted by molar-refractivity contribution is 5.29. The number of benzene rings is 1. The van der Waals surface area contributed by atoms with Crippen LogP contribution in [0.2, 0.25) is 0 Å². The van der Waals surface area contributed by atoms with Gasteiger partial charge in [-0.1, -0.05) is 43.5 Å². The van der Waals surface area contributed by atoms with Crippen LogP contribution in [0.25, 0.3) is 0 Å². The molecule has 2 fully saturated rings. The minimum atomic E-state index is 0.624. The summed E-state index contributed by atoms with van der Waals surface area (Å²) in [5.74, 6) is 0.838. The summed E-state index contributed by atoms with van der Waals surface area (Å²) >= 11 is 0. The van der Waals surface area contributed by atoms with E-state index in [1.54, 1.807) is 5.56 Å². The molecule has 1 aromatic carbocycles. The van der Waals surface area contributed by atoms with Gasteiger partial charge in [0.25, 0.3) is 0 Å². The first-order chi connectivity index (χ1) is 8.43. The fourth-order valence-electron chi connectivity index (χ4n) is 3.43. The third kappa shape index (κ3) is 2.55. The van der Waals surface area contributed by atoms with Crippen LogP contribution in [0, 0.1) is 0 Å². The van der Waals surface area contributed by atoms with Crippen LogP contribution in [-0.4, -0.2) is 6.54 Å². The largest absolute Gasteiger partial charge is 0.310 e. The van der Waals surface area contributed by atoms with Crippen molar-refractivity contribution in [1.82, 2.24) is 5.32 Å². The quantitative estimate of drug-likeness (QED) is 0.803. The van der Waals surface area contributed by atoms with Gasteiger partial charge >= 0.3 is 0 Å². The molecule has 0 bridgehead atoms. The second-order valence-electron chi connectivity index (χ2n) is 5.65. The monoisotopic (exact) mass is 229 g/mol. The van der Waals surface area contributed by atoms with E-state index in [0.717, 1.165) is 5.92 Å². The van der Waals surface area contributed by atoms with E-state index in [1.807, 2.05) is 0 Å². The molecule has 1 N–H and O–H groups in total. The van der Waals surface area contributed by atoms with Crippen molar-refractivity contribution in [2.75, 3.05) is 6.54 Å². The molecule has 1 heterocycles. The van der Waals surface area contributed by atoms with Gasteiger partial charge in [0.2, 0.25) is 0 Å². The van der Waals surface area contributed by atoms with Gasteiger partial charge in [0, 0.05) is 6.04 Å². The molecule has 3 rings (SSSR count). The molecule has 92 valence electrons. The summed E-state index contributed by atoms with van der Waals surface area (Å²) in [5, 5.41) is 3.60. The van der Waals surface area contributed by atoms with E-state index < -0.39 is 0 Å². The van der Waals surface area contributed by atoms with E-state index in [4.69, 9.17) is 0 Å². The van der Waals surface area contributed by atoms with Crippen molar-refractivity contribution >= 4 is 0 Å². The molecule has 1 aliphatic carbocycles. The minimum Gasteiger partial charge on any atom is -0.310 e. The molecular weight excluding hydrogens is 206 g/mol. The molecule has 1 saturated carbocycles. The molecule has 1 atom stereocenters. The van der Waals surface area contributed by atoms with Gasteiger partial charge in [0.15, 0.2) is 0 Å². The Morgan fingerprint density at radius 3 is 2.47 bits per heavy atom. The summed E-state index contributed by atoms with van der Waals surface area (Å²) in [6.07, 6.45) is 9.75. The molecule has 0 amide bonds. The van der Waals surface area contributed by atoms with Gasteiger partial charge in [-0.25, -0.2) is 0 Å². The Bertz CT molecular complexity index is 360. The summed E-state index contributed by atoms with van der Waals surface area (Å²) in [7, 11) is 0. The maximum atomic E-state index is 3.60. The average molecular weight is 229 g/mol. The summed E-state index contributed by atoms with van der Waals surface area (Å²) in [6, 6.07) is 10.0. The van der Waals surface area contributed by atoms with Crippen molar-refractivity contribution in [2.45, 2.75) is 56.9 Å². The molecule has 1 aromatic rings. The standard InChI is InChI=1S/C16H23N/c1-2-6-13(7-3-1)14-8-4-9-15(12-14)16-10-5-11-17-16/h4,8-9,12-13,16-17H,1-3,5-7,10-11H2.